The van der Waals surface area contributed by atoms with Gasteiger partial charge < -0.3 is 5.11 Å². The molecule has 0 radical (unpaired) electrons. The van der Waals surface area contributed by atoms with Crippen LogP contribution in [-0.4, -0.2) is 36.9 Å². The molecular formula is C12H14N2O4S. The molecule has 0 spiro atoms. The predicted octanol–water partition coefficient (Wildman–Crippen LogP) is 1.04. The molecule has 0 unspecified atom stereocenters. The molecule has 1 aromatic rings. The Balaban J connectivity index is 3.11. The zero-order valence-electron chi connectivity index (χ0n) is 10.4. The molecule has 1 aromatic carbocycles. The van der Waals surface area contributed by atoms with E-state index in [1.54, 1.807) is 6.92 Å². The van der Waals surface area contributed by atoms with Crippen LogP contribution in [0.4, 0.5) is 0 Å². The van der Waals surface area contributed by atoms with Crippen LogP contribution in [-0.2, 0) is 14.8 Å². The van der Waals surface area contributed by atoms with Crippen LogP contribution in [0.2, 0.25) is 0 Å². The summed E-state index contributed by atoms with van der Waals surface area (Å²) < 4.78 is 25.4. The van der Waals surface area contributed by atoms with Crippen molar-refractivity contribution in [2.75, 3.05) is 13.1 Å². The lowest BCUT2D eigenvalue weighted by molar-refractivity contribution is -0.137. The summed E-state index contributed by atoms with van der Waals surface area (Å²) in [5, 5.41) is 17.4. The quantitative estimate of drug-likeness (QED) is 0.840. The lowest BCUT2D eigenvalue weighted by Gasteiger charge is -2.19. The molecule has 0 saturated carbocycles. The SMILES string of the molecule is CCCN(CC(=O)O)S(=O)(=O)c1ccc(C#N)cc1. The first-order valence-corrected chi connectivity index (χ1v) is 7.08. The fourth-order valence-electron chi connectivity index (χ4n) is 1.53. The van der Waals surface area contributed by atoms with Crippen molar-refractivity contribution in [3.63, 3.8) is 0 Å². The maximum atomic E-state index is 12.2. The first-order valence-electron chi connectivity index (χ1n) is 5.64. The lowest BCUT2D eigenvalue weighted by atomic mass is 10.2. The zero-order chi connectivity index (χ0) is 14.5. The predicted molar refractivity (Wildman–Crippen MR) is 67.8 cm³/mol. The van der Waals surface area contributed by atoms with E-state index in [2.05, 4.69) is 0 Å². The number of hydrogen-bond donors (Lipinski definition) is 1. The summed E-state index contributed by atoms with van der Waals surface area (Å²) in [5.74, 6) is -1.20. The molecule has 6 nitrogen and oxygen atoms in total. The standard InChI is InChI=1S/C12H14N2O4S/c1-2-7-14(9-12(15)16)19(17,18)11-5-3-10(8-13)4-6-11/h3-6H,2,7,9H2,1H3,(H,15,16). The molecule has 0 bridgehead atoms. The normalized spacial score (nSPS) is 11.2. The Labute approximate surface area is 111 Å². The number of hydrogen-bond acceptors (Lipinski definition) is 4. The Morgan fingerprint density at radius 3 is 2.37 bits per heavy atom. The molecule has 0 heterocycles. The number of carboxylic acids is 1. The third-order valence-electron chi connectivity index (χ3n) is 2.41. The van der Waals surface area contributed by atoms with E-state index in [-0.39, 0.29) is 11.4 Å². The minimum Gasteiger partial charge on any atom is -0.480 e. The third-order valence-corrected chi connectivity index (χ3v) is 4.27. The van der Waals surface area contributed by atoms with E-state index >= 15 is 0 Å². The molecule has 0 aliphatic heterocycles. The van der Waals surface area contributed by atoms with Crippen LogP contribution < -0.4 is 0 Å². The summed E-state index contributed by atoms with van der Waals surface area (Å²) >= 11 is 0. The summed E-state index contributed by atoms with van der Waals surface area (Å²) in [4.78, 5) is 10.7. The average molecular weight is 282 g/mol. The second kappa shape index (κ2) is 6.31. The van der Waals surface area contributed by atoms with Gasteiger partial charge in [0.1, 0.15) is 6.54 Å². The highest BCUT2D eigenvalue weighted by atomic mass is 32.2. The number of carboxylic acid groups (broad SMARTS) is 1. The maximum absolute atomic E-state index is 12.2. The van der Waals surface area contributed by atoms with Gasteiger partial charge in [0.25, 0.3) is 0 Å². The van der Waals surface area contributed by atoms with Crippen LogP contribution >= 0.6 is 0 Å². The monoisotopic (exact) mass is 282 g/mol. The number of aliphatic carboxylic acids is 1. The number of benzene rings is 1. The molecule has 102 valence electrons. The maximum Gasteiger partial charge on any atom is 0.318 e. The molecule has 1 N–H and O–H groups in total. The molecule has 0 aromatic heterocycles. The molecule has 7 heteroatoms. The number of rotatable bonds is 6. The Hall–Kier alpha value is -1.91. The summed E-state index contributed by atoms with van der Waals surface area (Å²) in [6, 6.07) is 7.27. The van der Waals surface area contributed by atoms with Crippen LogP contribution in [0.3, 0.4) is 0 Å². The number of nitrogens with zero attached hydrogens (tertiary/aromatic N) is 2. The molecule has 1 rings (SSSR count). The van der Waals surface area contributed by atoms with Gasteiger partial charge in [-0.3, -0.25) is 4.79 Å². The van der Waals surface area contributed by atoms with Gasteiger partial charge in [-0.25, -0.2) is 8.42 Å². The second-order valence-corrected chi connectivity index (χ2v) is 5.81. The van der Waals surface area contributed by atoms with Crippen molar-refractivity contribution in [1.82, 2.24) is 4.31 Å². The molecular weight excluding hydrogens is 268 g/mol. The van der Waals surface area contributed by atoms with Gasteiger partial charge >= 0.3 is 5.97 Å². The van der Waals surface area contributed by atoms with E-state index < -0.39 is 22.5 Å². The fraction of sp³-hybridized carbons (Fsp3) is 0.333. The second-order valence-electron chi connectivity index (χ2n) is 3.87. The van der Waals surface area contributed by atoms with Gasteiger partial charge in [0, 0.05) is 6.54 Å². The fourth-order valence-corrected chi connectivity index (χ4v) is 3.02. The molecule has 0 fully saturated rings. The van der Waals surface area contributed by atoms with Crippen LogP contribution in [0.5, 0.6) is 0 Å². The third kappa shape index (κ3) is 3.77. The van der Waals surface area contributed by atoms with E-state index in [1.807, 2.05) is 6.07 Å². The van der Waals surface area contributed by atoms with Gasteiger partial charge in [0.05, 0.1) is 16.5 Å². The van der Waals surface area contributed by atoms with Crippen molar-refractivity contribution in [2.45, 2.75) is 18.2 Å². The van der Waals surface area contributed by atoms with Crippen molar-refractivity contribution in [2.24, 2.45) is 0 Å². The van der Waals surface area contributed by atoms with Gasteiger partial charge in [-0.1, -0.05) is 6.92 Å². The average Bonchev–Trinajstić information content (AvgIpc) is 2.38. The van der Waals surface area contributed by atoms with Crippen LogP contribution in [0.1, 0.15) is 18.9 Å². The van der Waals surface area contributed by atoms with E-state index in [4.69, 9.17) is 10.4 Å². The topological polar surface area (TPSA) is 98.5 Å². The summed E-state index contributed by atoms with van der Waals surface area (Å²) in [6.45, 7) is 1.33. The van der Waals surface area contributed by atoms with E-state index in [1.165, 1.54) is 24.3 Å². The minimum atomic E-state index is -3.84. The number of sulfonamides is 1. The molecule has 0 saturated heterocycles. The highest BCUT2D eigenvalue weighted by Gasteiger charge is 2.25. The largest absolute Gasteiger partial charge is 0.480 e. The Kier molecular flexibility index (Phi) is 5.03. The molecule has 0 amide bonds. The van der Waals surface area contributed by atoms with Crippen molar-refractivity contribution in [3.05, 3.63) is 29.8 Å². The van der Waals surface area contributed by atoms with Gasteiger partial charge in [-0.15, -0.1) is 0 Å². The van der Waals surface area contributed by atoms with Crippen LogP contribution in [0, 0.1) is 11.3 Å². The van der Waals surface area contributed by atoms with Gasteiger partial charge in [0.2, 0.25) is 10.0 Å². The Bertz CT molecular complexity index is 587. The van der Waals surface area contributed by atoms with Crippen molar-refractivity contribution < 1.29 is 18.3 Å². The molecule has 0 atom stereocenters. The van der Waals surface area contributed by atoms with Crippen molar-refractivity contribution >= 4 is 16.0 Å². The number of nitriles is 1. The summed E-state index contributed by atoms with van der Waals surface area (Å²) in [7, 11) is -3.84. The Morgan fingerprint density at radius 1 is 1.37 bits per heavy atom. The van der Waals surface area contributed by atoms with Gasteiger partial charge in [0.15, 0.2) is 0 Å². The first kappa shape index (κ1) is 15.1. The molecule has 19 heavy (non-hydrogen) atoms. The Morgan fingerprint density at radius 2 is 1.95 bits per heavy atom. The van der Waals surface area contributed by atoms with E-state index in [0.717, 1.165) is 4.31 Å². The van der Waals surface area contributed by atoms with Crippen LogP contribution in [0.15, 0.2) is 29.2 Å². The van der Waals surface area contributed by atoms with E-state index in [9.17, 15) is 13.2 Å². The van der Waals surface area contributed by atoms with Crippen molar-refractivity contribution in [1.29, 1.82) is 5.26 Å². The first-order chi connectivity index (χ1) is 8.91. The van der Waals surface area contributed by atoms with Gasteiger partial charge in [-0.2, -0.15) is 9.57 Å². The summed E-state index contributed by atoms with van der Waals surface area (Å²) in [6.07, 6.45) is 0.517. The molecule has 0 aliphatic carbocycles. The summed E-state index contributed by atoms with van der Waals surface area (Å²) in [5.41, 5.74) is 0.347. The number of carbonyl (C=O) groups is 1. The minimum absolute atomic E-state index is 0.0128. The van der Waals surface area contributed by atoms with Gasteiger partial charge in [-0.05, 0) is 30.7 Å². The van der Waals surface area contributed by atoms with E-state index in [0.29, 0.717) is 12.0 Å². The zero-order valence-corrected chi connectivity index (χ0v) is 11.2. The smallest absolute Gasteiger partial charge is 0.318 e. The van der Waals surface area contributed by atoms with Crippen molar-refractivity contribution in [3.8, 4) is 6.07 Å². The lowest BCUT2D eigenvalue weighted by Crippen LogP contribution is -2.36. The van der Waals surface area contributed by atoms with Crippen LogP contribution in [0.25, 0.3) is 0 Å². The highest BCUT2D eigenvalue weighted by molar-refractivity contribution is 7.89. The highest BCUT2D eigenvalue weighted by Crippen LogP contribution is 2.16. The molecule has 0 aliphatic rings.